The molecule has 1 rings (SSSR count). The van der Waals surface area contributed by atoms with E-state index >= 15 is 0 Å². The molecule has 0 aliphatic carbocycles. The van der Waals surface area contributed by atoms with Crippen LogP contribution in [0.15, 0.2) is 0 Å². The summed E-state index contributed by atoms with van der Waals surface area (Å²) in [5.74, 6) is 1.10. The predicted octanol–water partition coefficient (Wildman–Crippen LogP) is 1.26. The third kappa shape index (κ3) is 6.16. The molecule has 1 atom stereocenters. The van der Waals surface area contributed by atoms with Crippen molar-refractivity contribution in [2.45, 2.75) is 51.9 Å². The zero-order chi connectivity index (χ0) is 13.3. The van der Waals surface area contributed by atoms with Crippen molar-refractivity contribution in [2.24, 2.45) is 5.73 Å². The number of nitrogens with two attached hydrogens (primary N) is 1. The van der Waals surface area contributed by atoms with Crippen LogP contribution in [0.2, 0.25) is 0 Å². The Kier molecular flexibility index (Phi) is 6.31. The minimum Gasteiger partial charge on any atom is -0.444 e. The molecule has 1 aliphatic heterocycles. The molecule has 6 heteroatoms. The number of aliphatic hydroxyl groups is 1. The number of carbonyl (C=O) groups is 1. The van der Waals surface area contributed by atoms with Crippen LogP contribution in [0.4, 0.5) is 4.79 Å². The zero-order valence-corrected chi connectivity index (χ0v) is 14.5. The monoisotopic (exact) mass is 427 g/mol. The first-order valence-corrected chi connectivity index (χ1v) is 5.89. The second-order valence-corrected chi connectivity index (χ2v) is 5.89. The van der Waals surface area contributed by atoms with E-state index in [-0.39, 0.29) is 27.6 Å². The van der Waals surface area contributed by atoms with Gasteiger partial charge < -0.3 is 26.4 Å². The number of β-amino-alcohol motifs (C(OH)–C–C–N with tert-alkyl or cyclic N) is 1. The molecule has 1 saturated heterocycles. The summed E-state index contributed by atoms with van der Waals surface area (Å²) in [6.45, 7) is 8.04. The summed E-state index contributed by atoms with van der Waals surface area (Å²) in [6, 6.07) is 0. The molecule has 1 aliphatic rings. The van der Waals surface area contributed by atoms with Crippen LogP contribution < -0.4 is 5.73 Å². The Bertz CT molecular complexity index is 290. The van der Waals surface area contributed by atoms with E-state index in [2.05, 4.69) is 0 Å². The van der Waals surface area contributed by atoms with E-state index in [1.807, 2.05) is 27.7 Å². The van der Waals surface area contributed by atoms with Gasteiger partial charge in [-0.3, -0.25) is 0 Å². The number of hydrogen-bond donors (Lipinski definition) is 2. The predicted molar refractivity (Wildman–Crippen MR) is 65.1 cm³/mol. The van der Waals surface area contributed by atoms with Crippen molar-refractivity contribution in [3.63, 3.8) is 0 Å². The molecule has 1 heterocycles. The molecule has 1 unspecified atom stereocenters. The summed E-state index contributed by atoms with van der Waals surface area (Å²) in [5.41, 5.74) is 3.86. The van der Waals surface area contributed by atoms with Gasteiger partial charge >= 0.3 is 6.09 Å². The third-order valence-corrected chi connectivity index (χ3v) is 2.53. The molecule has 0 aromatic carbocycles. The van der Waals surface area contributed by atoms with Crippen LogP contribution in [0.1, 0.15) is 40.5 Å². The fraction of sp³-hybridized carbons (Fsp3) is 0.833. The Morgan fingerprint density at radius 2 is 2.06 bits per heavy atom. The third-order valence-electron chi connectivity index (χ3n) is 2.53. The van der Waals surface area contributed by atoms with Crippen molar-refractivity contribution in [2.75, 3.05) is 13.1 Å². The van der Waals surface area contributed by atoms with Gasteiger partial charge in [0.05, 0.1) is 6.54 Å². The number of nitrogens with zero attached hydrogens (tertiary/aromatic N) is 1. The maximum atomic E-state index is 11.9. The minimum atomic E-state index is -1.35. The average Bonchev–Trinajstić information content (AvgIpc) is 2.20. The van der Waals surface area contributed by atoms with Crippen LogP contribution in [-0.2, 0) is 25.8 Å². The van der Waals surface area contributed by atoms with Crippen LogP contribution in [0, 0.1) is 5.92 Å². The molecule has 106 valence electrons. The number of hydrogen-bond acceptors (Lipinski definition) is 4. The van der Waals surface area contributed by atoms with Crippen molar-refractivity contribution in [3.05, 3.63) is 5.92 Å². The first kappa shape index (κ1) is 17.9. The van der Waals surface area contributed by atoms with Gasteiger partial charge in [-0.2, -0.15) is 13.3 Å². The van der Waals surface area contributed by atoms with E-state index in [4.69, 9.17) is 10.5 Å². The molecule has 0 saturated carbocycles. The maximum Gasteiger partial charge on any atom is 0.410 e. The molecular formula is C12H23N2O3W-. The molecule has 3 N–H and O–H groups in total. The normalized spacial score (nSPS) is 26.2. The topological polar surface area (TPSA) is 75.8 Å². The van der Waals surface area contributed by atoms with Crippen molar-refractivity contribution < 1.29 is 35.7 Å². The molecule has 18 heavy (non-hydrogen) atoms. The van der Waals surface area contributed by atoms with Crippen LogP contribution in [0.3, 0.4) is 0 Å². The van der Waals surface area contributed by atoms with Crippen molar-refractivity contribution >= 4 is 6.09 Å². The van der Waals surface area contributed by atoms with Gasteiger partial charge in [0.2, 0.25) is 0 Å². The Hall–Kier alpha value is -0.122. The Balaban J connectivity index is 0.00000289. The summed E-state index contributed by atoms with van der Waals surface area (Å²) in [6.07, 6.45) is 0.751. The van der Waals surface area contributed by atoms with Gasteiger partial charge in [0, 0.05) is 21.1 Å². The molecule has 0 aromatic heterocycles. The van der Waals surface area contributed by atoms with Gasteiger partial charge in [0.25, 0.3) is 0 Å². The smallest absolute Gasteiger partial charge is 0.410 e. The Labute approximate surface area is 123 Å². The number of carbonyl (C=O) groups excluding carboxylic acids is 1. The first-order valence-electron chi connectivity index (χ1n) is 5.89. The van der Waals surface area contributed by atoms with Crippen LogP contribution >= 0.6 is 0 Å². The van der Waals surface area contributed by atoms with E-state index in [1.54, 1.807) is 0 Å². The van der Waals surface area contributed by atoms with Gasteiger partial charge in [0.15, 0.2) is 0 Å². The van der Waals surface area contributed by atoms with Crippen LogP contribution in [-0.4, -0.2) is 40.5 Å². The summed E-state index contributed by atoms with van der Waals surface area (Å²) in [4.78, 5) is 13.4. The van der Waals surface area contributed by atoms with Gasteiger partial charge in [-0.25, -0.2) is 4.79 Å². The number of likely N-dealkylation sites (tertiary alicyclic amines) is 1. The zero-order valence-electron chi connectivity index (χ0n) is 11.5. The largest absolute Gasteiger partial charge is 0.444 e. The van der Waals surface area contributed by atoms with Crippen molar-refractivity contribution in [3.8, 4) is 0 Å². The molecule has 1 amide bonds. The fourth-order valence-corrected chi connectivity index (χ4v) is 1.88. The molecule has 0 radical (unpaired) electrons. The minimum absolute atomic E-state index is 0. The molecule has 5 nitrogen and oxygen atoms in total. The second kappa shape index (κ2) is 6.35. The fourth-order valence-electron chi connectivity index (χ4n) is 1.88. The summed E-state index contributed by atoms with van der Waals surface area (Å²) < 4.78 is 5.27. The van der Waals surface area contributed by atoms with Gasteiger partial charge in [0.1, 0.15) is 11.3 Å². The molecule has 1 fully saturated rings. The molecule has 0 spiro atoms. The van der Waals surface area contributed by atoms with Crippen LogP contribution in [0.5, 0.6) is 0 Å². The molecule has 0 bridgehead atoms. The first-order chi connectivity index (χ1) is 7.59. The van der Waals surface area contributed by atoms with Gasteiger partial charge in [-0.1, -0.05) is 0 Å². The standard InChI is InChI=1S/C12H23N2O3.W/c1-9-5-6-14(8-12(13,16)7-9)10(15)17-11(2,3)4;/h16H,5-8,13H2,1-4H3;/q-1;. The summed E-state index contributed by atoms with van der Waals surface area (Å²) >= 11 is 0. The van der Waals surface area contributed by atoms with E-state index in [0.29, 0.717) is 13.0 Å². The van der Waals surface area contributed by atoms with E-state index in [9.17, 15) is 9.90 Å². The number of rotatable bonds is 0. The van der Waals surface area contributed by atoms with Crippen molar-refractivity contribution in [1.82, 2.24) is 4.90 Å². The van der Waals surface area contributed by atoms with E-state index in [0.717, 1.165) is 12.3 Å². The van der Waals surface area contributed by atoms with E-state index < -0.39 is 17.4 Å². The van der Waals surface area contributed by atoms with E-state index in [1.165, 1.54) is 4.90 Å². The number of amides is 1. The Morgan fingerprint density at radius 1 is 1.50 bits per heavy atom. The van der Waals surface area contributed by atoms with Gasteiger partial charge in [-0.05, 0) is 27.3 Å². The molecule has 0 aromatic rings. The SMILES string of the molecule is C[C-]1CCN(C(=O)OC(C)(C)C)CC(N)(O)C1.[W]. The molecular weight excluding hydrogens is 404 g/mol. The summed E-state index contributed by atoms with van der Waals surface area (Å²) in [7, 11) is 0. The Morgan fingerprint density at radius 3 is 2.56 bits per heavy atom. The number of ether oxygens (including phenoxy) is 1. The summed E-state index contributed by atoms with van der Waals surface area (Å²) in [5, 5.41) is 9.95. The maximum absolute atomic E-state index is 11.9. The quantitative estimate of drug-likeness (QED) is 0.451. The average molecular weight is 427 g/mol. The van der Waals surface area contributed by atoms with Gasteiger partial charge in [-0.15, -0.1) is 6.42 Å². The van der Waals surface area contributed by atoms with Crippen LogP contribution in [0.25, 0.3) is 0 Å². The second-order valence-electron chi connectivity index (χ2n) is 5.89. The van der Waals surface area contributed by atoms with Crippen molar-refractivity contribution in [1.29, 1.82) is 0 Å².